The molecular formula is C46H27N3. The zero-order chi connectivity index (χ0) is 32.9. The number of hydrogen-bond acceptors (Lipinski definition) is 1. The minimum absolute atomic E-state index is 0.616. The highest BCUT2D eigenvalue weighted by atomic mass is 15.0. The molecule has 9 aromatic rings. The van der Waals surface area contributed by atoms with E-state index in [0.29, 0.717) is 11.3 Å². The van der Waals surface area contributed by atoms with Gasteiger partial charge in [-0.05, 0) is 79.7 Å². The van der Waals surface area contributed by atoms with Gasteiger partial charge in [0.1, 0.15) is 0 Å². The quantitative estimate of drug-likeness (QED) is 0.142. The van der Waals surface area contributed by atoms with Crippen LogP contribution in [-0.4, -0.2) is 4.57 Å². The predicted molar refractivity (Wildman–Crippen MR) is 203 cm³/mol. The SMILES string of the molecule is [C-]#[N+]c1ccc(-c2ccccc2-n2c3ccccc3c3cc(C#N)ccc32)cc1-c1c2ccccc2c(-c2ccccc2)c2ccccc12. The van der Waals surface area contributed by atoms with Gasteiger partial charge < -0.3 is 4.57 Å². The van der Waals surface area contributed by atoms with Gasteiger partial charge in [0, 0.05) is 16.3 Å². The topological polar surface area (TPSA) is 33.1 Å². The molecule has 0 spiro atoms. The van der Waals surface area contributed by atoms with Crippen LogP contribution >= 0.6 is 0 Å². The molecule has 0 aliphatic heterocycles. The fraction of sp³-hybridized carbons (Fsp3) is 0. The highest BCUT2D eigenvalue weighted by molar-refractivity contribution is 6.22. The summed E-state index contributed by atoms with van der Waals surface area (Å²) in [6.45, 7) is 8.27. The standard InChI is InChI=1S/C46H27N3/c1-48-41-25-24-32(33-15-9-11-21-42(33)49-43-22-12-10-16-34(43)39-27-30(29-47)23-26-44(39)49)28-40(41)46-37-19-7-5-17-35(37)45(31-13-3-2-4-14-31)36-18-6-8-20-38(36)46/h2-28H. The molecule has 0 unspecified atom stereocenters. The largest absolute Gasteiger partial charge is 0.309 e. The van der Waals surface area contributed by atoms with E-state index in [1.165, 1.54) is 11.1 Å². The van der Waals surface area contributed by atoms with Crippen molar-refractivity contribution in [2.75, 3.05) is 0 Å². The van der Waals surface area contributed by atoms with E-state index in [2.05, 4.69) is 149 Å². The van der Waals surface area contributed by atoms with Gasteiger partial charge in [0.25, 0.3) is 0 Å². The van der Waals surface area contributed by atoms with Gasteiger partial charge in [0.2, 0.25) is 0 Å². The third kappa shape index (κ3) is 4.42. The van der Waals surface area contributed by atoms with Crippen LogP contribution in [0.25, 0.3) is 87.3 Å². The summed E-state index contributed by atoms with van der Waals surface area (Å²) < 4.78 is 2.29. The van der Waals surface area contributed by atoms with E-state index in [-0.39, 0.29) is 0 Å². The van der Waals surface area contributed by atoms with Crippen LogP contribution < -0.4 is 0 Å². The van der Waals surface area contributed by atoms with Crippen molar-refractivity contribution in [3.05, 3.63) is 181 Å². The van der Waals surface area contributed by atoms with Crippen molar-refractivity contribution >= 4 is 49.0 Å². The van der Waals surface area contributed by atoms with E-state index in [1.807, 2.05) is 30.3 Å². The highest BCUT2D eigenvalue weighted by Crippen LogP contribution is 2.47. The van der Waals surface area contributed by atoms with Crippen molar-refractivity contribution < 1.29 is 0 Å². The number of nitrogens with zero attached hydrogens (tertiary/aromatic N) is 3. The minimum Gasteiger partial charge on any atom is -0.309 e. The normalized spacial score (nSPS) is 11.2. The smallest absolute Gasteiger partial charge is 0.194 e. The Morgan fingerprint density at radius 2 is 1.06 bits per heavy atom. The van der Waals surface area contributed by atoms with Gasteiger partial charge in [-0.2, -0.15) is 5.26 Å². The Labute approximate surface area is 284 Å². The Balaban J connectivity index is 1.33. The summed E-state index contributed by atoms with van der Waals surface area (Å²) in [5, 5.41) is 16.4. The molecule has 8 aromatic carbocycles. The molecule has 0 saturated heterocycles. The van der Waals surface area contributed by atoms with E-state index in [9.17, 15) is 5.26 Å². The summed E-state index contributed by atoms with van der Waals surface area (Å²) in [7, 11) is 0. The zero-order valence-corrected chi connectivity index (χ0v) is 26.4. The predicted octanol–water partition coefficient (Wildman–Crippen LogP) is 12.5. The van der Waals surface area contributed by atoms with Crippen LogP contribution in [0.15, 0.2) is 164 Å². The number of benzene rings is 8. The van der Waals surface area contributed by atoms with Crippen molar-refractivity contribution in [3.63, 3.8) is 0 Å². The number of hydrogen-bond donors (Lipinski definition) is 0. The Hall–Kier alpha value is -6.94. The maximum absolute atomic E-state index is 9.68. The maximum atomic E-state index is 9.68. The van der Waals surface area contributed by atoms with Crippen molar-refractivity contribution in [2.24, 2.45) is 0 Å². The minimum atomic E-state index is 0.616. The Morgan fingerprint density at radius 1 is 0.469 bits per heavy atom. The fourth-order valence-electron chi connectivity index (χ4n) is 7.55. The van der Waals surface area contributed by atoms with Crippen LogP contribution in [0.5, 0.6) is 0 Å². The second-order valence-corrected chi connectivity index (χ2v) is 12.3. The van der Waals surface area contributed by atoms with Crippen molar-refractivity contribution in [3.8, 4) is 45.1 Å². The van der Waals surface area contributed by atoms with Crippen molar-refractivity contribution in [1.82, 2.24) is 4.57 Å². The first-order valence-electron chi connectivity index (χ1n) is 16.3. The van der Waals surface area contributed by atoms with E-state index < -0.39 is 0 Å². The zero-order valence-electron chi connectivity index (χ0n) is 26.4. The lowest BCUT2D eigenvalue weighted by Gasteiger charge is -2.20. The number of para-hydroxylation sites is 2. The summed E-state index contributed by atoms with van der Waals surface area (Å²) in [5.41, 5.74) is 10.8. The van der Waals surface area contributed by atoms with Gasteiger partial charge in [0.05, 0.1) is 34.9 Å². The molecular weight excluding hydrogens is 595 g/mol. The first-order valence-corrected chi connectivity index (χ1v) is 16.3. The lowest BCUT2D eigenvalue weighted by atomic mass is 9.85. The molecule has 0 N–H and O–H groups in total. The van der Waals surface area contributed by atoms with Crippen LogP contribution in [0.2, 0.25) is 0 Å². The third-order valence-electron chi connectivity index (χ3n) is 9.64. The van der Waals surface area contributed by atoms with E-state index >= 15 is 0 Å². The number of aromatic nitrogens is 1. The Morgan fingerprint density at radius 3 is 1.76 bits per heavy atom. The van der Waals surface area contributed by atoms with Crippen LogP contribution in [0.4, 0.5) is 5.69 Å². The number of rotatable bonds is 4. The molecule has 0 atom stereocenters. The molecule has 0 aliphatic rings. The van der Waals surface area contributed by atoms with Crippen LogP contribution in [0.3, 0.4) is 0 Å². The Bertz CT molecular complexity index is 2790. The molecule has 49 heavy (non-hydrogen) atoms. The first-order chi connectivity index (χ1) is 24.2. The molecule has 0 radical (unpaired) electrons. The van der Waals surface area contributed by atoms with Gasteiger partial charge >= 0.3 is 0 Å². The second-order valence-electron chi connectivity index (χ2n) is 12.3. The molecule has 0 bridgehead atoms. The summed E-state index contributed by atoms with van der Waals surface area (Å²) in [6.07, 6.45) is 0. The summed E-state index contributed by atoms with van der Waals surface area (Å²) in [6, 6.07) is 59.0. The number of fused-ring (bicyclic) bond motifs is 5. The maximum Gasteiger partial charge on any atom is 0.194 e. The molecule has 0 amide bonds. The van der Waals surface area contributed by atoms with E-state index in [0.717, 1.165) is 71.3 Å². The average molecular weight is 622 g/mol. The monoisotopic (exact) mass is 621 g/mol. The Kier molecular flexibility index (Phi) is 6.58. The molecule has 1 heterocycles. The second kappa shape index (κ2) is 11.4. The van der Waals surface area contributed by atoms with Crippen LogP contribution in [-0.2, 0) is 0 Å². The average Bonchev–Trinajstić information content (AvgIpc) is 3.50. The van der Waals surface area contributed by atoms with Gasteiger partial charge in [-0.1, -0.05) is 133 Å². The van der Waals surface area contributed by atoms with Gasteiger partial charge in [-0.3, -0.25) is 0 Å². The molecule has 0 aliphatic carbocycles. The highest BCUT2D eigenvalue weighted by Gasteiger charge is 2.20. The van der Waals surface area contributed by atoms with Crippen LogP contribution in [0.1, 0.15) is 5.56 Å². The molecule has 3 nitrogen and oxygen atoms in total. The summed E-state index contributed by atoms with van der Waals surface area (Å²) in [5.74, 6) is 0. The van der Waals surface area contributed by atoms with Gasteiger partial charge in [-0.15, -0.1) is 0 Å². The van der Waals surface area contributed by atoms with Crippen molar-refractivity contribution in [2.45, 2.75) is 0 Å². The number of nitriles is 1. The van der Waals surface area contributed by atoms with Crippen LogP contribution in [0, 0.1) is 17.9 Å². The summed E-state index contributed by atoms with van der Waals surface area (Å²) in [4.78, 5) is 4.06. The molecule has 0 fully saturated rings. The molecule has 226 valence electrons. The molecule has 3 heteroatoms. The summed E-state index contributed by atoms with van der Waals surface area (Å²) >= 11 is 0. The molecule has 1 aromatic heterocycles. The van der Waals surface area contributed by atoms with Gasteiger partial charge in [0.15, 0.2) is 5.69 Å². The van der Waals surface area contributed by atoms with E-state index in [4.69, 9.17) is 6.57 Å². The lowest BCUT2D eigenvalue weighted by Crippen LogP contribution is -1.97. The fourth-order valence-corrected chi connectivity index (χ4v) is 7.55. The van der Waals surface area contributed by atoms with Gasteiger partial charge in [-0.25, -0.2) is 4.85 Å². The van der Waals surface area contributed by atoms with E-state index in [1.54, 1.807) is 0 Å². The first kappa shape index (κ1) is 28.3. The molecule has 9 rings (SSSR count). The molecule has 0 saturated carbocycles. The van der Waals surface area contributed by atoms with Crippen molar-refractivity contribution in [1.29, 1.82) is 5.26 Å². The lowest BCUT2D eigenvalue weighted by molar-refractivity contribution is 1.18. The third-order valence-corrected chi connectivity index (χ3v) is 9.64.